The molecule has 0 amide bonds. The van der Waals surface area contributed by atoms with E-state index in [0.717, 1.165) is 5.56 Å². The number of nitrogens with zero attached hydrogens (tertiary/aromatic N) is 2. The molecule has 3 aromatic rings. The molecule has 0 radical (unpaired) electrons. The lowest BCUT2D eigenvalue weighted by atomic mass is 10.2. The van der Waals surface area contributed by atoms with E-state index in [2.05, 4.69) is 16.5 Å². The summed E-state index contributed by atoms with van der Waals surface area (Å²) >= 11 is 1.43. The van der Waals surface area contributed by atoms with Gasteiger partial charge in [-0.2, -0.15) is 0 Å². The number of H-pyrrole nitrogens is 1. The molecule has 122 valence electrons. The molecule has 6 heteroatoms. The highest BCUT2D eigenvalue weighted by molar-refractivity contribution is 7.98. The minimum Gasteiger partial charge on any atom is -0.301 e. The molecule has 1 N–H and O–H groups in total. The molecule has 0 aliphatic heterocycles. The first-order valence-corrected chi connectivity index (χ1v) is 8.51. The molecule has 0 saturated carbocycles. The third-order valence-corrected chi connectivity index (χ3v) is 4.59. The summed E-state index contributed by atoms with van der Waals surface area (Å²) in [5.41, 5.74) is 1.65. The molecule has 2 aromatic heterocycles. The van der Waals surface area contributed by atoms with Gasteiger partial charge in [0.2, 0.25) is 0 Å². The van der Waals surface area contributed by atoms with Crippen molar-refractivity contribution in [3.63, 3.8) is 0 Å². The molecule has 5 nitrogen and oxygen atoms in total. The number of pyridine rings is 1. The van der Waals surface area contributed by atoms with E-state index < -0.39 is 0 Å². The second kappa shape index (κ2) is 6.88. The maximum absolute atomic E-state index is 12.4. The van der Waals surface area contributed by atoms with Crippen LogP contribution in [0.2, 0.25) is 0 Å². The number of hydrogen-bond acceptors (Lipinski definition) is 4. The van der Waals surface area contributed by atoms with Crippen LogP contribution in [0.4, 0.5) is 0 Å². The summed E-state index contributed by atoms with van der Waals surface area (Å²) in [6, 6.07) is 11.5. The van der Waals surface area contributed by atoms with Gasteiger partial charge in [0.05, 0.1) is 5.39 Å². The Morgan fingerprint density at radius 1 is 1.29 bits per heavy atom. The molecule has 0 fully saturated rings. The predicted octanol–water partition coefficient (Wildman–Crippen LogP) is 2.87. The van der Waals surface area contributed by atoms with Gasteiger partial charge in [-0.05, 0) is 18.6 Å². The molecule has 24 heavy (non-hydrogen) atoms. The molecule has 0 spiro atoms. The van der Waals surface area contributed by atoms with Crippen LogP contribution in [-0.2, 0) is 12.3 Å². The first-order valence-electron chi connectivity index (χ1n) is 7.52. The zero-order valence-corrected chi connectivity index (χ0v) is 14.1. The van der Waals surface area contributed by atoms with Crippen molar-refractivity contribution in [1.82, 2.24) is 14.5 Å². The monoisotopic (exact) mass is 339 g/mol. The number of hydrogen-bond donors (Lipinski definition) is 1. The van der Waals surface area contributed by atoms with Crippen molar-refractivity contribution in [3.05, 3.63) is 80.9 Å². The van der Waals surface area contributed by atoms with Gasteiger partial charge in [0.15, 0.2) is 10.8 Å². The zero-order valence-electron chi connectivity index (χ0n) is 13.3. The number of aromatic amines is 1. The molecule has 2 heterocycles. The highest BCUT2D eigenvalue weighted by atomic mass is 32.2. The Bertz CT molecular complexity index is 1010. The third kappa shape index (κ3) is 3.19. The summed E-state index contributed by atoms with van der Waals surface area (Å²) in [4.78, 5) is 32.0. The Kier molecular flexibility index (Phi) is 4.66. The fourth-order valence-electron chi connectivity index (χ4n) is 2.47. The summed E-state index contributed by atoms with van der Waals surface area (Å²) in [6.07, 6.45) is 1.62. The number of fused-ring (bicyclic) bond motifs is 1. The van der Waals surface area contributed by atoms with E-state index in [4.69, 9.17) is 0 Å². The normalized spacial score (nSPS) is 10.9. The van der Waals surface area contributed by atoms with Gasteiger partial charge in [-0.15, -0.1) is 6.58 Å². The van der Waals surface area contributed by atoms with Gasteiger partial charge >= 0.3 is 0 Å². The Hall–Kier alpha value is -2.60. The van der Waals surface area contributed by atoms with Crippen LogP contribution >= 0.6 is 11.8 Å². The Morgan fingerprint density at radius 2 is 2.04 bits per heavy atom. The van der Waals surface area contributed by atoms with Crippen LogP contribution in [0.15, 0.2) is 63.8 Å². The van der Waals surface area contributed by atoms with Gasteiger partial charge in [-0.1, -0.05) is 48.2 Å². The van der Waals surface area contributed by atoms with Crippen LogP contribution < -0.4 is 11.1 Å². The van der Waals surface area contributed by atoms with E-state index in [-0.39, 0.29) is 11.1 Å². The molecular formula is C18H17N3O2S. The van der Waals surface area contributed by atoms with Crippen LogP contribution in [0.1, 0.15) is 11.1 Å². The largest absolute Gasteiger partial charge is 0.301 e. The van der Waals surface area contributed by atoms with E-state index in [1.165, 1.54) is 16.3 Å². The molecule has 0 aliphatic rings. The highest BCUT2D eigenvalue weighted by Crippen LogP contribution is 2.19. The number of thioether (sulfide) groups is 1. The summed E-state index contributed by atoms with van der Waals surface area (Å²) in [5.74, 6) is 0.687. The molecular weight excluding hydrogens is 322 g/mol. The van der Waals surface area contributed by atoms with Gasteiger partial charge in [0.1, 0.15) is 0 Å². The van der Waals surface area contributed by atoms with Gasteiger partial charge in [0.25, 0.3) is 11.1 Å². The predicted molar refractivity (Wildman–Crippen MR) is 97.6 cm³/mol. The van der Waals surface area contributed by atoms with Crippen LogP contribution in [0.3, 0.4) is 0 Å². The zero-order chi connectivity index (χ0) is 17.1. The van der Waals surface area contributed by atoms with E-state index >= 15 is 0 Å². The van der Waals surface area contributed by atoms with Crippen molar-refractivity contribution < 1.29 is 0 Å². The molecule has 0 atom stereocenters. The molecule has 0 bridgehead atoms. The average molecular weight is 339 g/mol. The smallest absolute Gasteiger partial charge is 0.261 e. The fraction of sp³-hybridized carbons (Fsp3) is 0.167. The van der Waals surface area contributed by atoms with Gasteiger partial charge in [0, 0.05) is 17.9 Å². The molecule has 1 aromatic carbocycles. The number of aryl methyl sites for hydroxylation is 1. The Morgan fingerprint density at radius 3 is 2.75 bits per heavy atom. The van der Waals surface area contributed by atoms with Crippen molar-refractivity contribution in [2.45, 2.75) is 24.4 Å². The Balaban J connectivity index is 2.06. The maximum atomic E-state index is 12.4. The van der Waals surface area contributed by atoms with Gasteiger partial charge < -0.3 is 4.98 Å². The highest BCUT2D eigenvalue weighted by Gasteiger charge is 2.12. The summed E-state index contributed by atoms with van der Waals surface area (Å²) in [6.45, 7) is 5.68. The summed E-state index contributed by atoms with van der Waals surface area (Å²) in [7, 11) is 0. The number of rotatable bonds is 5. The number of aromatic nitrogens is 3. The Labute approximate surface area is 143 Å². The lowest BCUT2D eigenvalue weighted by Crippen LogP contribution is -2.25. The van der Waals surface area contributed by atoms with Crippen molar-refractivity contribution in [2.75, 3.05) is 0 Å². The molecule has 0 unspecified atom stereocenters. The van der Waals surface area contributed by atoms with Crippen molar-refractivity contribution >= 4 is 22.8 Å². The van der Waals surface area contributed by atoms with Gasteiger partial charge in [-0.25, -0.2) is 4.98 Å². The van der Waals surface area contributed by atoms with Crippen LogP contribution in [0, 0.1) is 6.92 Å². The van der Waals surface area contributed by atoms with Crippen LogP contribution in [-0.4, -0.2) is 14.5 Å². The van der Waals surface area contributed by atoms with Crippen LogP contribution in [0.25, 0.3) is 11.0 Å². The van der Waals surface area contributed by atoms with Crippen LogP contribution in [0.5, 0.6) is 0 Å². The molecule has 3 rings (SSSR count). The van der Waals surface area contributed by atoms with Crippen molar-refractivity contribution in [3.8, 4) is 0 Å². The van der Waals surface area contributed by atoms with E-state index in [0.29, 0.717) is 34.1 Å². The summed E-state index contributed by atoms with van der Waals surface area (Å²) in [5, 5.41) is 0.912. The van der Waals surface area contributed by atoms with Gasteiger partial charge in [-0.3, -0.25) is 14.2 Å². The molecule has 0 saturated heterocycles. The second-order valence-corrected chi connectivity index (χ2v) is 6.38. The fourth-order valence-corrected chi connectivity index (χ4v) is 3.28. The second-order valence-electron chi connectivity index (χ2n) is 5.41. The number of allylic oxidation sites excluding steroid dienone is 1. The lowest BCUT2D eigenvalue weighted by Gasteiger charge is -2.09. The first-order chi connectivity index (χ1) is 11.6. The standard InChI is InChI=1S/C18H17N3O2S/c1-3-9-21-15-14(10-12(2)17(21)23)16(22)20-18(19-15)24-11-13-7-5-4-6-8-13/h3-8,10H,1,9,11H2,2H3,(H,19,20,22). The number of nitrogens with one attached hydrogen (secondary N) is 1. The quantitative estimate of drug-likeness (QED) is 0.441. The molecule has 0 aliphatic carbocycles. The first kappa shape index (κ1) is 16.3. The minimum absolute atomic E-state index is 0.153. The van der Waals surface area contributed by atoms with Crippen molar-refractivity contribution in [2.24, 2.45) is 0 Å². The third-order valence-electron chi connectivity index (χ3n) is 3.64. The minimum atomic E-state index is -0.239. The number of benzene rings is 1. The van der Waals surface area contributed by atoms with E-state index in [1.807, 2.05) is 30.3 Å². The lowest BCUT2D eigenvalue weighted by molar-refractivity contribution is 0.781. The van der Waals surface area contributed by atoms with E-state index in [9.17, 15) is 9.59 Å². The maximum Gasteiger partial charge on any atom is 0.261 e. The topological polar surface area (TPSA) is 67.8 Å². The van der Waals surface area contributed by atoms with E-state index in [1.54, 1.807) is 19.1 Å². The average Bonchev–Trinajstić information content (AvgIpc) is 2.59. The van der Waals surface area contributed by atoms with Crippen molar-refractivity contribution in [1.29, 1.82) is 0 Å². The SMILES string of the molecule is C=CCn1c(=O)c(C)cc2c(=O)[nH]c(SCc3ccccc3)nc21. The summed E-state index contributed by atoms with van der Waals surface area (Å²) < 4.78 is 1.49.